The van der Waals surface area contributed by atoms with Crippen molar-refractivity contribution in [3.8, 4) is 0 Å². The van der Waals surface area contributed by atoms with Crippen molar-refractivity contribution in [3.63, 3.8) is 0 Å². The molecular weight excluding hydrogens is 336 g/mol. The third-order valence-corrected chi connectivity index (χ3v) is 9.00. The first kappa shape index (κ1) is 22.7. The van der Waals surface area contributed by atoms with E-state index in [4.69, 9.17) is 0 Å². The molecule has 4 aliphatic rings. The van der Waals surface area contributed by atoms with Crippen molar-refractivity contribution < 1.29 is 0 Å². The zero-order valence-electron chi connectivity index (χ0n) is 19.6. The molecule has 0 aromatic carbocycles. The van der Waals surface area contributed by atoms with Gasteiger partial charge in [-0.3, -0.25) is 0 Å². The molecule has 0 saturated heterocycles. The molecular formula is C28H52. The molecule has 2 atom stereocenters. The van der Waals surface area contributed by atoms with Gasteiger partial charge in [0.1, 0.15) is 0 Å². The van der Waals surface area contributed by atoms with E-state index in [2.05, 4.69) is 13.8 Å². The van der Waals surface area contributed by atoms with Gasteiger partial charge in [0.2, 0.25) is 0 Å². The Balaban J connectivity index is 0.000000162. The zero-order chi connectivity index (χ0) is 19.6. The molecule has 164 valence electrons. The SMILES string of the molecule is C1CCC(CC2CCCCC2)CC1.CC1CCC(C)CC(C2CCCCC2)C1. The normalized spacial score (nSPS) is 34.3. The van der Waals surface area contributed by atoms with Crippen molar-refractivity contribution in [1.29, 1.82) is 0 Å². The van der Waals surface area contributed by atoms with Gasteiger partial charge in [-0.05, 0) is 54.8 Å². The van der Waals surface area contributed by atoms with Gasteiger partial charge >= 0.3 is 0 Å². The van der Waals surface area contributed by atoms with E-state index in [0.29, 0.717) is 0 Å². The predicted octanol–water partition coefficient (Wildman–Crippen LogP) is 9.57. The summed E-state index contributed by atoms with van der Waals surface area (Å²) in [4.78, 5) is 0. The molecule has 0 N–H and O–H groups in total. The smallest absolute Gasteiger partial charge is 0.0381 e. The van der Waals surface area contributed by atoms with Crippen LogP contribution in [0, 0.1) is 35.5 Å². The van der Waals surface area contributed by atoms with Crippen molar-refractivity contribution in [2.45, 2.75) is 142 Å². The van der Waals surface area contributed by atoms with Crippen LogP contribution in [-0.2, 0) is 0 Å². The Hall–Kier alpha value is 0. The second-order valence-corrected chi connectivity index (χ2v) is 11.7. The van der Waals surface area contributed by atoms with Gasteiger partial charge in [-0.1, -0.05) is 123 Å². The van der Waals surface area contributed by atoms with E-state index in [1.54, 1.807) is 44.9 Å². The van der Waals surface area contributed by atoms with Crippen LogP contribution in [-0.4, -0.2) is 0 Å². The van der Waals surface area contributed by atoms with Crippen LogP contribution >= 0.6 is 0 Å². The number of hydrogen-bond donors (Lipinski definition) is 0. The van der Waals surface area contributed by atoms with Crippen LogP contribution in [0.5, 0.6) is 0 Å². The maximum absolute atomic E-state index is 2.48. The molecule has 0 aromatic heterocycles. The van der Waals surface area contributed by atoms with Crippen LogP contribution in [0.2, 0.25) is 0 Å². The van der Waals surface area contributed by atoms with E-state index in [1.165, 1.54) is 83.5 Å². The van der Waals surface area contributed by atoms with Crippen LogP contribution in [0.15, 0.2) is 0 Å². The first-order chi connectivity index (χ1) is 13.7. The predicted molar refractivity (Wildman–Crippen MR) is 125 cm³/mol. The van der Waals surface area contributed by atoms with E-state index in [1.807, 2.05) is 0 Å². The topological polar surface area (TPSA) is 0 Å². The van der Waals surface area contributed by atoms with Gasteiger partial charge in [-0.2, -0.15) is 0 Å². The Morgan fingerprint density at radius 2 is 0.821 bits per heavy atom. The standard InChI is InChI=1S/C15H28.C13H24/c1-12-8-9-13(2)11-15(10-12)14-6-4-3-5-7-14;1-3-7-12(8-4-1)11-13-9-5-2-6-10-13/h12-15H,3-11H2,1-2H3;12-13H,1-11H2. The van der Waals surface area contributed by atoms with E-state index in [-0.39, 0.29) is 0 Å². The maximum atomic E-state index is 2.48. The van der Waals surface area contributed by atoms with Crippen molar-refractivity contribution in [2.24, 2.45) is 35.5 Å². The van der Waals surface area contributed by atoms with Gasteiger partial charge < -0.3 is 0 Å². The fourth-order valence-corrected chi connectivity index (χ4v) is 7.24. The quantitative estimate of drug-likeness (QED) is 0.422. The van der Waals surface area contributed by atoms with Crippen LogP contribution < -0.4 is 0 Å². The van der Waals surface area contributed by atoms with E-state index >= 15 is 0 Å². The number of rotatable bonds is 3. The summed E-state index contributed by atoms with van der Waals surface area (Å²) in [6.45, 7) is 4.96. The molecule has 0 heterocycles. The van der Waals surface area contributed by atoms with Gasteiger partial charge in [0, 0.05) is 0 Å². The van der Waals surface area contributed by atoms with Gasteiger partial charge in [-0.15, -0.1) is 0 Å². The number of hydrogen-bond acceptors (Lipinski definition) is 0. The first-order valence-electron chi connectivity index (χ1n) is 13.7. The average molecular weight is 389 g/mol. The van der Waals surface area contributed by atoms with Crippen LogP contribution in [0.1, 0.15) is 142 Å². The van der Waals surface area contributed by atoms with Crippen LogP contribution in [0.25, 0.3) is 0 Å². The minimum atomic E-state index is 1.00. The first-order valence-corrected chi connectivity index (χ1v) is 13.7. The molecule has 4 rings (SSSR count). The van der Waals surface area contributed by atoms with Gasteiger partial charge in [-0.25, -0.2) is 0 Å². The van der Waals surface area contributed by atoms with Crippen LogP contribution in [0.3, 0.4) is 0 Å². The molecule has 4 saturated carbocycles. The second kappa shape index (κ2) is 12.6. The molecule has 28 heavy (non-hydrogen) atoms. The van der Waals surface area contributed by atoms with Gasteiger partial charge in [0.25, 0.3) is 0 Å². The maximum Gasteiger partial charge on any atom is -0.0381 e. The summed E-state index contributed by atoms with van der Waals surface area (Å²) in [5, 5.41) is 0. The molecule has 2 unspecified atom stereocenters. The molecule has 4 aliphatic carbocycles. The van der Waals surface area contributed by atoms with E-state index < -0.39 is 0 Å². The van der Waals surface area contributed by atoms with E-state index in [9.17, 15) is 0 Å². The Labute approximate surface area is 178 Å². The largest absolute Gasteiger partial charge is 0.0625 e. The van der Waals surface area contributed by atoms with Crippen molar-refractivity contribution in [2.75, 3.05) is 0 Å². The second-order valence-electron chi connectivity index (χ2n) is 11.7. The lowest BCUT2D eigenvalue weighted by Crippen LogP contribution is -2.20. The highest BCUT2D eigenvalue weighted by Crippen LogP contribution is 2.40. The molecule has 0 aliphatic heterocycles. The third-order valence-electron chi connectivity index (χ3n) is 9.00. The summed E-state index contributed by atoms with van der Waals surface area (Å²) in [5.74, 6) is 6.43. The minimum Gasteiger partial charge on any atom is -0.0625 e. The molecule has 0 radical (unpaired) electrons. The van der Waals surface area contributed by atoms with E-state index in [0.717, 1.165) is 35.5 Å². The zero-order valence-corrected chi connectivity index (χ0v) is 19.6. The van der Waals surface area contributed by atoms with Crippen molar-refractivity contribution in [3.05, 3.63) is 0 Å². The Kier molecular flexibility index (Phi) is 10.2. The summed E-state index contributed by atoms with van der Waals surface area (Å²) in [5.41, 5.74) is 0. The summed E-state index contributed by atoms with van der Waals surface area (Å²) >= 11 is 0. The highest BCUT2D eigenvalue weighted by molar-refractivity contribution is 4.80. The Morgan fingerprint density at radius 1 is 0.429 bits per heavy atom. The Morgan fingerprint density at radius 3 is 1.25 bits per heavy atom. The lowest BCUT2D eigenvalue weighted by atomic mass is 9.74. The van der Waals surface area contributed by atoms with Crippen LogP contribution in [0.4, 0.5) is 0 Å². The average Bonchev–Trinajstić information content (AvgIpc) is 2.91. The molecule has 0 heteroatoms. The lowest BCUT2D eigenvalue weighted by molar-refractivity contribution is 0.201. The van der Waals surface area contributed by atoms with Crippen molar-refractivity contribution >= 4 is 0 Å². The van der Waals surface area contributed by atoms with Gasteiger partial charge in [0.05, 0.1) is 0 Å². The fraction of sp³-hybridized carbons (Fsp3) is 1.00. The minimum absolute atomic E-state index is 1.00. The highest BCUT2D eigenvalue weighted by atomic mass is 14.3. The fourth-order valence-electron chi connectivity index (χ4n) is 7.24. The molecule has 4 fully saturated rings. The van der Waals surface area contributed by atoms with Gasteiger partial charge in [0.15, 0.2) is 0 Å². The Bertz CT molecular complexity index is 353. The molecule has 0 amide bonds. The molecule has 0 nitrogen and oxygen atoms in total. The van der Waals surface area contributed by atoms with Crippen molar-refractivity contribution in [1.82, 2.24) is 0 Å². The molecule has 0 spiro atoms. The lowest BCUT2D eigenvalue weighted by Gasteiger charge is -2.31. The summed E-state index contributed by atoms with van der Waals surface area (Å²) in [6, 6.07) is 0. The monoisotopic (exact) mass is 388 g/mol. The summed E-state index contributed by atoms with van der Waals surface area (Å²) in [7, 11) is 0. The summed E-state index contributed by atoms with van der Waals surface area (Å²) < 4.78 is 0. The summed E-state index contributed by atoms with van der Waals surface area (Å²) in [6.07, 6.45) is 30.6. The highest BCUT2D eigenvalue weighted by Gasteiger charge is 2.28. The molecule has 0 bridgehead atoms. The molecule has 0 aromatic rings. The third kappa shape index (κ3) is 8.02.